The van der Waals surface area contributed by atoms with Crippen LogP contribution in [-0.2, 0) is 0 Å². The maximum atomic E-state index is 6.19. The zero-order chi connectivity index (χ0) is 12.4. The first kappa shape index (κ1) is 12.9. The number of rotatable bonds is 3. The number of hydrogen-bond acceptors (Lipinski definition) is 2. The van der Waals surface area contributed by atoms with E-state index in [1.165, 1.54) is 0 Å². The van der Waals surface area contributed by atoms with E-state index in [1.54, 1.807) is 6.20 Å². The van der Waals surface area contributed by atoms with E-state index in [0.29, 0.717) is 10.0 Å². The Labute approximate surface area is 118 Å². The van der Waals surface area contributed by atoms with E-state index in [4.69, 9.17) is 23.2 Å². The molecule has 2 nitrogen and oxygen atoms in total. The molecule has 0 unspecified atom stereocenters. The Morgan fingerprint density at radius 1 is 1.35 bits per heavy atom. The van der Waals surface area contributed by atoms with E-state index >= 15 is 0 Å². The third-order valence-corrected chi connectivity index (χ3v) is 4.15. The van der Waals surface area contributed by atoms with Gasteiger partial charge in [-0.05, 0) is 34.5 Å². The molecule has 1 N–H and O–H groups in total. The monoisotopic (exact) mass is 332 g/mol. The number of pyridine rings is 1. The lowest BCUT2D eigenvalue weighted by Crippen LogP contribution is -2.00. The minimum atomic E-state index is 0.483. The molecule has 5 heteroatoms. The topological polar surface area (TPSA) is 24.9 Å². The van der Waals surface area contributed by atoms with Gasteiger partial charge in [0.05, 0.1) is 15.6 Å². The number of aromatic nitrogens is 1. The largest absolute Gasteiger partial charge is 0.384 e. The van der Waals surface area contributed by atoms with Gasteiger partial charge in [0.15, 0.2) is 0 Å². The van der Waals surface area contributed by atoms with Crippen LogP contribution in [0.2, 0.25) is 10.0 Å². The van der Waals surface area contributed by atoms with E-state index < -0.39 is 0 Å². The molecule has 0 saturated carbocycles. The second-order valence-corrected chi connectivity index (χ2v) is 5.28. The molecule has 1 aromatic heterocycles. The van der Waals surface area contributed by atoms with E-state index in [1.807, 2.05) is 12.1 Å². The Morgan fingerprint density at radius 3 is 2.82 bits per heavy atom. The van der Waals surface area contributed by atoms with Gasteiger partial charge >= 0.3 is 0 Å². The third kappa shape index (κ3) is 2.51. The molecule has 0 aliphatic carbocycles. The third-order valence-electron chi connectivity index (χ3n) is 2.44. The lowest BCUT2D eigenvalue weighted by molar-refractivity contribution is 0.981. The quantitative estimate of drug-likeness (QED) is 0.788. The lowest BCUT2D eigenvalue weighted by atomic mass is 10.2. The molecule has 0 aliphatic heterocycles. The summed E-state index contributed by atoms with van der Waals surface area (Å²) in [5.41, 5.74) is 1.75. The van der Waals surface area contributed by atoms with Gasteiger partial charge in [0.2, 0.25) is 0 Å². The molecule has 1 heterocycles. The highest BCUT2D eigenvalue weighted by Gasteiger charge is 2.11. The van der Waals surface area contributed by atoms with Crippen molar-refractivity contribution in [1.29, 1.82) is 0 Å². The number of anilines is 1. The van der Waals surface area contributed by atoms with Gasteiger partial charge in [-0.3, -0.25) is 4.98 Å². The smallest absolute Gasteiger partial charge is 0.0924 e. The maximum Gasteiger partial charge on any atom is 0.0924 e. The van der Waals surface area contributed by atoms with Crippen LogP contribution in [0.3, 0.4) is 0 Å². The molecule has 1 aromatic carbocycles. The van der Waals surface area contributed by atoms with E-state index in [-0.39, 0.29) is 0 Å². The first-order valence-electron chi connectivity index (χ1n) is 5.31. The van der Waals surface area contributed by atoms with Crippen LogP contribution in [-0.4, -0.2) is 11.5 Å². The summed E-state index contributed by atoms with van der Waals surface area (Å²) in [4.78, 5) is 4.27. The highest BCUT2D eigenvalue weighted by atomic mass is 79.9. The summed E-state index contributed by atoms with van der Waals surface area (Å²) in [7, 11) is 0. The molecular formula is C12H11BrCl2N2. The van der Waals surface area contributed by atoms with Gasteiger partial charge in [0.25, 0.3) is 0 Å². The Morgan fingerprint density at radius 2 is 2.12 bits per heavy atom. The van der Waals surface area contributed by atoms with Gasteiger partial charge in [-0.1, -0.05) is 30.1 Å². The fourth-order valence-corrected chi connectivity index (χ4v) is 2.54. The standard InChI is InChI=1S/C12H11BrCl2N2/c1-2-4-16-9-3-5-17-12-7(9)6-8(13)10(14)11(12)15/h3,5-6H,2,4H2,1H3,(H,16,17). The SMILES string of the molecule is CCCNc1ccnc2c(Cl)c(Cl)c(Br)cc12. The molecule has 0 bridgehead atoms. The molecule has 2 rings (SSSR count). The summed E-state index contributed by atoms with van der Waals surface area (Å²) < 4.78 is 0.782. The number of fused-ring (bicyclic) bond motifs is 1. The molecule has 0 spiro atoms. The molecule has 0 radical (unpaired) electrons. The highest BCUT2D eigenvalue weighted by molar-refractivity contribution is 9.10. The van der Waals surface area contributed by atoms with Gasteiger partial charge in [-0.15, -0.1) is 0 Å². The number of nitrogens with zero attached hydrogens (tertiary/aromatic N) is 1. The number of halogens is 3. The van der Waals surface area contributed by atoms with Crippen molar-refractivity contribution in [2.75, 3.05) is 11.9 Å². The Bertz CT molecular complexity index is 558. The van der Waals surface area contributed by atoms with Crippen LogP contribution < -0.4 is 5.32 Å². The van der Waals surface area contributed by atoms with Gasteiger partial charge < -0.3 is 5.32 Å². The molecule has 0 fully saturated rings. The molecular weight excluding hydrogens is 323 g/mol. The normalized spacial score (nSPS) is 10.8. The fraction of sp³-hybridized carbons (Fsp3) is 0.250. The number of benzene rings is 1. The maximum absolute atomic E-state index is 6.19. The zero-order valence-electron chi connectivity index (χ0n) is 9.23. The van der Waals surface area contributed by atoms with Crippen LogP contribution >= 0.6 is 39.1 Å². The average molecular weight is 334 g/mol. The summed E-state index contributed by atoms with van der Waals surface area (Å²) >= 11 is 15.7. The van der Waals surface area contributed by atoms with Gasteiger partial charge in [-0.25, -0.2) is 0 Å². The van der Waals surface area contributed by atoms with Gasteiger partial charge in [0.1, 0.15) is 0 Å². The summed E-state index contributed by atoms with van der Waals surface area (Å²) in [6.07, 6.45) is 2.79. The van der Waals surface area contributed by atoms with Crippen LogP contribution in [0.25, 0.3) is 10.9 Å². The van der Waals surface area contributed by atoms with Crippen LogP contribution in [0.5, 0.6) is 0 Å². The fourth-order valence-electron chi connectivity index (χ4n) is 1.61. The van der Waals surface area contributed by atoms with Crippen molar-refractivity contribution in [3.05, 3.63) is 32.8 Å². The van der Waals surface area contributed by atoms with Crippen molar-refractivity contribution in [1.82, 2.24) is 4.98 Å². The predicted octanol–water partition coefficient (Wildman–Crippen LogP) is 5.13. The van der Waals surface area contributed by atoms with E-state index in [9.17, 15) is 0 Å². The molecule has 17 heavy (non-hydrogen) atoms. The summed E-state index contributed by atoms with van der Waals surface area (Å²) in [6, 6.07) is 3.88. The van der Waals surface area contributed by atoms with Crippen LogP contribution in [0.1, 0.15) is 13.3 Å². The molecule has 0 saturated heterocycles. The Balaban J connectivity index is 2.64. The Kier molecular flexibility index (Phi) is 4.13. The van der Waals surface area contributed by atoms with Crippen molar-refractivity contribution in [2.45, 2.75) is 13.3 Å². The molecule has 0 aliphatic rings. The molecule has 0 amide bonds. The van der Waals surface area contributed by atoms with Gasteiger partial charge in [0, 0.05) is 28.3 Å². The molecule has 2 aromatic rings. The molecule has 0 atom stereocenters. The Hall–Kier alpha value is -0.510. The van der Waals surface area contributed by atoms with Gasteiger partial charge in [-0.2, -0.15) is 0 Å². The minimum Gasteiger partial charge on any atom is -0.384 e. The van der Waals surface area contributed by atoms with E-state index in [0.717, 1.165) is 34.0 Å². The van der Waals surface area contributed by atoms with Crippen molar-refractivity contribution in [2.24, 2.45) is 0 Å². The van der Waals surface area contributed by atoms with Crippen molar-refractivity contribution < 1.29 is 0 Å². The van der Waals surface area contributed by atoms with Crippen molar-refractivity contribution in [3.8, 4) is 0 Å². The van der Waals surface area contributed by atoms with Crippen LogP contribution in [0, 0.1) is 0 Å². The van der Waals surface area contributed by atoms with E-state index in [2.05, 4.69) is 33.2 Å². The second-order valence-electron chi connectivity index (χ2n) is 3.67. The van der Waals surface area contributed by atoms with Crippen molar-refractivity contribution >= 4 is 55.7 Å². The van der Waals surface area contributed by atoms with Crippen LogP contribution in [0.4, 0.5) is 5.69 Å². The lowest BCUT2D eigenvalue weighted by Gasteiger charge is -2.10. The predicted molar refractivity (Wildman–Crippen MR) is 78.2 cm³/mol. The zero-order valence-corrected chi connectivity index (χ0v) is 12.3. The first-order valence-corrected chi connectivity index (χ1v) is 6.86. The summed E-state index contributed by atoms with van der Waals surface area (Å²) in [6.45, 7) is 3.03. The first-order chi connectivity index (χ1) is 8.15. The number of nitrogens with one attached hydrogen (secondary N) is 1. The minimum absolute atomic E-state index is 0.483. The number of hydrogen-bond donors (Lipinski definition) is 1. The average Bonchev–Trinajstić information content (AvgIpc) is 2.34. The second kappa shape index (κ2) is 5.42. The highest BCUT2D eigenvalue weighted by Crippen LogP contribution is 2.38. The molecule has 90 valence electrons. The summed E-state index contributed by atoms with van der Waals surface area (Å²) in [5.74, 6) is 0. The summed E-state index contributed by atoms with van der Waals surface area (Å²) in [5, 5.41) is 5.30. The van der Waals surface area contributed by atoms with Crippen molar-refractivity contribution in [3.63, 3.8) is 0 Å². The van der Waals surface area contributed by atoms with Crippen LogP contribution in [0.15, 0.2) is 22.8 Å².